The third kappa shape index (κ3) is 4.22. The molecule has 0 bridgehead atoms. The van der Waals surface area contributed by atoms with E-state index < -0.39 is 0 Å². The van der Waals surface area contributed by atoms with E-state index in [9.17, 15) is 4.79 Å². The van der Waals surface area contributed by atoms with Gasteiger partial charge in [-0.1, -0.05) is 25.5 Å². The molecular formula is C15H21BrClNO. The minimum absolute atomic E-state index is 0.00643. The molecule has 1 amide bonds. The smallest absolute Gasteiger partial charge is 0.252 e. The lowest BCUT2D eigenvalue weighted by molar-refractivity contribution is 0.0931. The minimum Gasteiger partial charge on any atom is -0.351 e. The molecule has 0 saturated heterocycles. The molecule has 2 nitrogen and oxygen atoms in total. The lowest BCUT2D eigenvalue weighted by atomic mass is 9.84. The zero-order valence-electron chi connectivity index (χ0n) is 11.7. The number of carbonyl (C=O) groups excluding carboxylic acids is 1. The first kappa shape index (κ1) is 16.5. The monoisotopic (exact) mass is 345 g/mol. The maximum absolute atomic E-state index is 12.2. The highest BCUT2D eigenvalue weighted by Gasteiger charge is 2.26. The van der Waals surface area contributed by atoms with Gasteiger partial charge in [0.15, 0.2) is 0 Å². The molecule has 0 saturated carbocycles. The predicted octanol–water partition coefficient (Wildman–Crippen LogP) is 4.53. The van der Waals surface area contributed by atoms with Crippen LogP contribution in [0.3, 0.4) is 0 Å². The van der Waals surface area contributed by atoms with Gasteiger partial charge >= 0.3 is 0 Å². The summed E-state index contributed by atoms with van der Waals surface area (Å²) >= 11 is 9.47. The first-order valence-electron chi connectivity index (χ1n) is 6.58. The average molecular weight is 347 g/mol. The topological polar surface area (TPSA) is 29.1 Å². The van der Waals surface area contributed by atoms with Crippen LogP contribution in [0.1, 0.15) is 42.6 Å². The van der Waals surface area contributed by atoms with Crippen molar-refractivity contribution in [3.05, 3.63) is 33.8 Å². The van der Waals surface area contributed by atoms with Gasteiger partial charge in [-0.2, -0.15) is 0 Å². The number of hydrogen-bond donors (Lipinski definition) is 1. The highest BCUT2D eigenvalue weighted by Crippen LogP contribution is 2.27. The second kappa shape index (κ2) is 7.30. The highest BCUT2D eigenvalue weighted by atomic mass is 79.9. The van der Waals surface area contributed by atoms with Crippen molar-refractivity contribution in [1.29, 1.82) is 0 Å². The molecule has 0 aromatic heterocycles. The van der Waals surface area contributed by atoms with Gasteiger partial charge in [-0.15, -0.1) is 11.6 Å². The Hall–Kier alpha value is -0.540. The number of benzene rings is 1. The molecule has 1 rings (SSSR count). The van der Waals surface area contributed by atoms with Crippen molar-refractivity contribution >= 4 is 33.4 Å². The Morgan fingerprint density at radius 3 is 2.53 bits per heavy atom. The summed E-state index contributed by atoms with van der Waals surface area (Å²) < 4.78 is 0.820. The van der Waals surface area contributed by atoms with Crippen LogP contribution in [0.2, 0.25) is 0 Å². The summed E-state index contributed by atoms with van der Waals surface area (Å²) in [6, 6.07) is 5.76. The number of carbonyl (C=O) groups is 1. The normalized spacial score (nSPS) is 11.4. The van der Waals surface area contributed by atoms with Crippen molar-refractivity contribution in [3.8, 4) is 0 Å². The van der Waals surface area contributed by atoms with Gasteiger partial charge in [0.05, 0.1) is 5.56 Å². The van der Waals surface area contributed by atoms with E-state index in [4.69, 9.17) is 11.6 Å². The van der Waals surface area contributed by atoms with Crippen LogP contribution in [-0.2, 0) is 0 Å². The standard InChI is InChI=1S/C15H21BrClNO/c1-4-15(5-2,9-17)10-18-14(19)12-8-11(3)6-7-13(12)16/h6-8H,4-5,9-10H2,1-3H3,(H,18,19). The molecule has 0 atom stereocenters. The maximum Gasteiger partial charge on any atom is 0.252 e. The molecule has 0 heterocycles. The largest absolute Gasteiger partial charge is 0.351 e. The second-order valence-electron chi connectivity index (χ2n) is 5.01. The Morgan fingerprint density at radius 1 is 1.37 bits per heavy atom. The molecule has 0 fully saturated rings. The number of amides is 1. The fourth-order valence-electron chi connectivity index (χ4n) is 1.91. The molecule has 1 N–H and O–H groups in total. The van der Waals surface area contributed by atoms with Crippen molar-refractivity contribution in [2.45, 2.75) is 33.6 Å². The van der Waals surface area contributed by atoms with Crippen LogP contribution in [0.4, 0.5) is 0 Å². The highest BCUT2D eigenvalue weighted by molar-refractivity contribution is 9.10. The van der Waals surface area contributed by atoms with E-state index in [1.807, 2.05) is 25.1 Å². The number of hydrogen-bond acceptors (Lipinski definition) is 1. The number of nitrogens with one attached hydrogen (secondary N) is 1. The van der Waals surface area contributed by atoms with Crippen LogP contribution >= 0.6 is 27.5 Å². The molecule has 4 heteroatoms. The molecule has 0 radical (unpaired) electrons. The van der Waals surface area contributed by atoms with Crippen LogP contribution in [0.15, 0.2) is 22.7 Å². The summed E-state index contributed by atoms with van der Waals surface area (Å²) in [7, 11) is 0. The molecule has 1 aromatic rings. The van der Waals surface area contributed by atoms with Gasteiger partial charge in [0.2, 0.25) is 0 Å². The van der Waals surface area contributed by atoms with E-state index in [0.29, 0.717) is 18.0 Å². The summed E-state index contributed by atoms with van der Waals surface area (Å²) in [4.78, 5) is 12.2. The van der Waals surface area contributed by atoms with E-state index in [1.54, 1.807) is 0 Å². The van der Waals surface area contributed by atoms with Gasteiger partial charge in [-0.3, -0.25) is 4.79 Å². The van der Waals surface area contributed by atoms with Gasteiger partial charge in [-0.05, 0) is 47.8 Å². The van der Waals surface area contributed by atoms with Crippen LogP contribution < -0.4 is 5.32 Å². The predicted molar refractivity (Wildman–Crippen MR) is 84.9 cm³/mol. The van der Waals surface area contributed by atoms with Gasteiger partial charge in [-0.25, -0.2) is 0 Å². The fraction of sp³-hybridized carbons (Fsp3) is 0.533. The van der Waals surface area contributed by atoms with Crippen molar-refractivity contribution in [2.24, 2.45) is 5.41 Å². The van der Waals surface area contributed by atoms with Crippen molar-refractivity contribution in [1.82, 2.24) is 5.32 Å². The number of alkyl halides is 1. The minimum atomic E-state index is -0.0491. The number of rotatable bonds is 6. The Kier molecular flexibility index (Phi) is 6.34. The summed E-state index contributed by atoms with van der Waals surface area (Å²) in [5, 5.41) is 3.01. The molecule has 0 aliphatic rings. The molecule has 106 valence electrons. The van der Waals surface area contributed by atoms with Crippen LogP contribution in [0.5, 0.6) is 0 Å². The Balaban J connectivity index is 2.77. The summed E-state index contributed by atoms with van der Waals surface area (Å²) in [6.07, 6.45) is 1.92. The van der Waals surface area contributed by atoms with Gasteiger partial charge in [0, 0.05) is 22.3 Å². The molecular weight excluding hydrogens is 326 g/mol. The van der Waals surface area contributed by atoms with Gasteiger partial charge in [0.25, 0.3) is 5.91 Å². The Bertz CT molecular complexity index is 436. The maximum atomic E-state index is 12.2. The summed E-state index contributed by atoms with van der Waals surface area (Å²) in [5.41, 5.74) is 1.74. The average Bonchev–Trinajstić information content (AvgIpc) is 2.43. The van der Waals surface area contributed by atoms with E-state index >= 15 is 0 Å². The second-order valence-corrected chi connectivity index (χ2v) is 6.13. The Morgan fingerprint density at radius 2 is 2.00 bits per heavy atom. The first-order chi connectivity index (χ1) is 8.98. The third-order valence-electron chi connectivity index (χ3n) is 3.77. The van der Waals surface area contributed by atoms with E-state index in [-0.39, 0.29) is 11.3 Å². The molecule has 0 unspecified atom stereocenters. The van der Waals surface area contributed by atoms with Gasteiger partial charge in [0.1, 0.15) is 0 Å². The summed E-state index contributed by atoms with van der Waals surface area (Å²) in [5.74, 6) is 0.516. The number of halogens is 2. The zero-order chi connectivity index (χ0) is 14.5. The molecule has 0 spiro atoms. The fourth-order valence-corrected chi connectivity index (χ4v) is 2.81. The van der Waals surface area contributed by atoms with Crippen molar-refractivity contribution in [2.75, 3.05) is 12.4 Å². The third-order valence-corrected chi connectivity index (χ3v) is 5.03. The van der Waals surface area contributed by atoms with Gasteiger partial charge < -0.3 is 5.32 Å². The number of aryl methyl sites for hydroxylation is 1. The molecule has 1 aromatic carbocycles. The van der Waals surface area contributed by atoms with E-state index in [1.165, 1.54) is 0 Å². The lowest BCUT2D eigenvalue weighted by Crippen LogP contribution is -2.38. The van der Waals surface area contributed by atoms with Crippen molar-refractivity contribution in [3.63, 3.8) is 0 Å². The summed E-state index contributed by atoms with van der Waals surface area (Å²) in [6.45, 7) is 6.81. The van der Waals surface area contributed by atoms with Crippen LogP contribution in [-0.4, -0.2) is 18.3 Å². The van der Waals surface area contributed by atoms with Crippen molar-refractivity contribution < 1.29 is 4.79 Å². The molecule has 0 aliphatic carbocycles. The molecule has 19 heavy (non-hydrogen) atoms. The first-order valence-corrected chi connectivity index (χ1v) is 7.91. The molecule has 0 aliphatic heterocycles. The van der Waals surface area contributed by atoms with Crippen LogP contribution in [0, 0.1) is 12.3 Å². The SMILES string of the molecule is CCC(CC)(CCl)CNC(=O)c1cc(C)ccc1Br. The zero-order valence-corrected chi connectivity index (χ0v) is 14.1. The Labute approximate surface area is 129 Å². The van der Waals surface area contributed by atoms with Crippen LogP contribution in [0.25, 0.3) is 0 Å². The quantitative estimate of drug-likeness (QED) is 0.753. The lowest BCUT2D eigenvalue weighted by Gasteiger charge is -2.29. The van der Waals surface area contributed by atoms with E-state index in [0.717, 1.165) is 22.9 Å². The van der Waals surface area contributed by atoms with E-state index in [2.05, 4.69) is 35.1 Å².